The molecule has 0 radical (unpaired) electrons. The molecule has 0 spiro atoms. The summed E-state index contributed by atoms with van der Waals surface area (Å²) in [6.07, 6.45) is -9.58. The van der Waals surface area contributed by atoms with Gasteiger partial charge < -0.3 is 21.4 Å². The van der Waals surface area contributed by atoms with Crippen molar-refractivity contribution in [1.82, 2.24) is 6.15 Å². The number of esters is 2. The van der Waals surface area contributed by atoms with Crippen molar-refractivity contribution < 1.29 is 60.0 Å². The number of hydrogen-bond donors (Lipinski definition) is 2. The lowest BCUT2D eigenvalue weighted by Crippen LogP contribution is -2.34. The van der Waals surface area contributed by atoms with E-state index in [1.165, 1.54) is 13.8 Å². The molecule has 0 amide bonds. The van der Waals surface area contributed by atoms with Gasteiger partial charge in [0.2, 0.25) is 12.1 Å². The number of alkyl halides is 6. The fraction of sp³-hybridized carbons (Fsp3) is 0.688. The molecule has 1 atom stereocenters. The van der Waals surface area contributed by atoms with Crippen molar-refractivity contribution in [2.24, 2.45) is 11.7 Å². The zero-order valence-electron chi connectivity index (χ0n) is 17.5. The quantitative estimate of drug-likeness (QED) is 0.153. The number of hydrogen-bond acceptors (Lipinski definition) is 9. The van der Waals surface area contributed by atoms with E-state index in [-0.39, 0.29) is 25.7 Å². The van der Waals surface area contributed by atoms with Crippen LogP contribution in [0.1, 0.15) is 34.6 Å². The SMILES string of the molecule is CC1OO1.CCOC(=O)/C(C)=C(\N)C(F)(F)F.CCOC(=O)C(C)C(=O)C(F)(F)F.N. The zero-order chi connectivity index (χ0) is 24.3. The summed E-state index contributed by atoms with van der Waals surface area (Å²) in [4.78, 5) is 40.3. The van der Waals surface area contributed by atoms with Crippen LogP contribution >= 0.6 is 0 Å². The van der Waals surface area contributed by atoms with Crippen molar-refractivity contribution in [3.05, 3.63) is 11.3 Å². The van der Waals surface area contributed by atoms with E-state index in [9.17, 15) is 40.7 Å². The predicted octanol–water partition coefficient (Wildman–Crippen LogP) is 3.12. The molecule has 31 heavy (non-hydrogen) atoms. The van der Waals surface area contributed by atoms with Crippen LogP contribution < -0.4 is 11.9 Å². The normalized spacial score (nSPS) is 14.8. The molecule has 1 aliphatic heterocycles. The van der Waals surface area contributed by atoms with E-state index in [4.69, 9.17) is 0 Å². The highest BCUT2D eigenvalue weighted by molar-refractivity contribution is 6.01. The molecule has 1 fully saturated rings. The zero-order valence-corrected chi connectivity index (χ0v) is 17.5. The highest BCUT2D eigenvalue weighted by Crippen LogP contribution is 2.24. The Morgan fingerprint density at radius 1 is 0.968 bits per heavy atom. The molecule has 1 rings (SSSR count). The number of nitrogens with two attached hydrogens (primary N) is 1. The summed E-state index contributed by atoms with van der Waals surface area (Å²) in [5.74, 6) is -6.05. The number of carbonyl (C=O) groups excluding carboxylic acids is 3. The van der Waals surface area contributed by atoms with Gasteiger partial charge in [0.15, 0.2) is 0 Å². The third-order valence-corrected chi connectivity index (χ3v) is 2.89. The third kappa shape index (κ3) is 15.1. The van der Waals surface area contributed by atoms with E-state index in [1.807, 2.05) is 6.92 Å². The van der Waals surface area contributed by atoms with Crippen molar-refractivity contribution in [3.8, 4) is 0 Å². The van der Waals surface area contributed by atoms with Gasteiger partial charge in [0.05, 0.1) is 18.8 Å². The first-order valence-corrected chi connectivity index (χ1v) is 8.30. The van der Waals surface area contributed by atoms with Crippen molar-refractivity contribution in [2.75, 3.05) is 13.2 Å². The maximum Gasteiger partial charge on any atom is 0.450 e. The van der Waals surface area contributed by atoms with Crippen molar-refractivity contribution in [1.29, 1.82) is 0 Å². The molecule has 0 saturated carbocycles. The molecule has 184 valence electrons. The van der Waals surface area contributed by atoms with Gasteiger partial charge in [0, 0.05) is 0 Å². The molecule has 0 aliphatic carbocycles. The Kier molecular flexibility index (Phi) is 15.6. The van der Waals surface area contributed by atoms with Crippen molar-refractivity contribution in [3.63, 3.8) is 0 Å². The van der Waals surface area contributed by atoms with Crippen LogP contribution in [0.5, 0.6) is 0 Å². The van der Waals surface area contributed by atoms with E-state index in [0.29, 0.717) is 0 Å². The number of ketones is 1. The first kappa shape index (κ1) is 33.3. The Balaban J connectivity index is -0.000000415. The molecular formula is C16H26F6N2O7. The summed E-state index contributed by atoms with van der Waals surface area (Å²) in [7, 11) is 0. The van der Waals surface area contributed by atoms with Crippen LogP contribution in [-0.2, 0) is 33.6 Å². The van der Waals surface area contributed by atoms with Gasteiger partial charge in [-0.1, -0.05) is 0 Å². The van der Waals surface area contributed by atoms with Gasteiger partial charge in [-0.2, -0.15) is 36.1 Å². The third-order valence-electron chi connectivity index (χ3n) is 2.89. The van der Waals surface area contributed by atoms with E-state index >= 15 is 0 Å². The summed E-state index contributed by atoms with van der Waals surface area (Å²) >= 11 is 0. The molecule has 0 aromatic heterocycles. The molecular weight excluding hydrogens is 446 g/mol. The molecule has 0 aromatic rings. The van der Waals surface area contributed by atoms with Crippen LogP contribution in [0.2, 0.25) is 0 Å². The maximum absolute atomic E-state index is 11.9. The van der Waals surface area contributed by atoms with Crippen LogP contribution in [0.3, 0.4) is 0 Å². The second-order valence-electron chi connectivity index (χ2n) is 5.35. The summed E-state index contributed by atoms with van der Waals surface area (Å²) in [6.45, 7) is 6.59. The maximum atomic E-state index is 11.9. The molecule has 9 nitrogen and oxygen atoms in total. The number of ether oxygens (including phenoxy) is 2. The largest absolute Gasteiger partial charge is 0.465 e. The Morgan fingerprint density at radius 3 is 1.61 bits per heavy atom. The molecule has 0 aromatic carbocycles. The molecule has 5 N–H and O–H groups in total. The predicted molar refractivity (Wildman–Crippen MR) is 93.1 cm³/mol. The minimum atomic E-state index is -4.98. The summed E-state index contributed by atoms with van der Waals surface area (Å²) in [5.41, 5.74) is 2.65. The minimum absolute atomic E-state index is 0. The molecule has 1 saturated heterocycles. The summed E-state index contributed by atoms with van der Waals surface area (Å²) < 4.78 is 79.6. The average molecular weight is 472 g/mol. The van der Waals surface area contributed by atoms with Crippen molar-refractivity contribution >= 4 is 17.7 Å². The van der Waals surface area contributed by atoms with Crippen LogP contribution in [0, 0.1) is 5.92 Å². The Labute approximate surface area is 174 Å². The van der Waals surface area contributed by atoms with E-state index in [2.05, 4.69) is 25.0 Å². The highest BCUT2D eigenvalue weighted by atomic mass is 19.4. The molecule has 1 heterocycles. The van der Waals surface area contributed by atoms with Gasteiger partial charge >= 0.3 is 24.3 Å². The monoisotopic (exact) mass is 472 g/mol. The fourth-order valence-electron chi connectivity index (χ4n) is 1.24. The number of halogens is 6. The smallest absolute Gasteiger partial charge is 0.450 e. The first-order valence-electron chi connectivity index (χ1n) is 8.30. The molecule has 1 unspecified atom stereocenters. The van der Waals surface area contributed by atoms with Gasteiger partial charge in [-0.05, 0) is 34.6 Å². The summed E-state index contributed by atoms with van der Waals surface area (Å²) in [6, 6.07) is 0. The number of rotatable bonds is 5. The standard InChI is InChI=1S/C7H10F3NO2.C7H9F3O3.C2H4O2.H3N/c2*1-3-13-6(12)4(2)5(11)7(8,9)10;1-2-3-4-2;/h3,11H2,1-2H3;4H,3H2,1-2H3;2H,1H3;1H3/b5-4-;;;. The highest BCUT2D eigenvalue weighted by Gasteiger charge is 2.44. The van der Waals surface area contributed by atoms with E-state index < -0.39 is 47.3 Å². The Hall–Kier alpha value is -2.39. The minimum Gasteiger partial charge on any atom is -0.465 e. The average Bonchev–Trinajstić information content (AvgIpc) is 3.41. The second kappa shape index (κ2) is 14.6. The molecule has 15 heteroatoms. The van der Waals surface area contributed by atoms with Crippen LogP contribution in [0.25, 0.3) is 0 Å². The Morgan fingerprint density at radius 2 is 1.35 bits per heavy atom. The Bertz CT molecular complexity index is 617. The van der Waals surface area contributed by atoms with Crippen LogP contribution in [0.4, 0.5) is 26.3 Å². The fourth-order valence-corrected chi connectivity index (χ4v) is 1.24. The number of allylic oxidation sites excluding steroid dienone is 1. The van der Waals surface area contributed by atoms with Crippen LogP contribution in [-0.4, -0.2) is 49.6 Å². The topological polar surface area (TPSA) is 156 Å². The van der Waals surface area contributed by atoms with Gasteiger partial charge in [0.25, 0.3) is 0 Å². The number of carbonyl (C=O) groups is 3. The summed E-state index contributed by atoms with van der Waals surface area (Å²) in [5, 5.41) is 0. The van der Waals surface area contributed by atoms with Gasteiger partial charge in [-0.25, -0.2) is 4.79 Å². The van der Waals surface area contributed by atoms with Gasteiger partial charge in [-0.15, -0.1) is 0 Å². The first-order chi connectivity index (χ1) is 13.5. The van der Waals surface area contributed by atoms with Gasteiger partial charge in [0.1, 0.15) is 11.6 Å². The molecule has 0 bridgehead atoms. The van der Waals surface area contributed by atoms with Crippen LogP contribution in [0.15, 0.2) is 11.3 Å². The van der Waals surface area contributed by atoms with E-state index in [1.54, 1.807) is 0 Å². The lowest BCUT2D eigenvalue weighted by molar-refractivity contribution is -0.180. The lowest BCUT2D eigenvalue weighted by atomic mass is 10.1. The second-order valence-corrected chi connectivity index (χ2v) is 5.35. The lowest BCUT2D eigenvalue weighted by Gasteiger charge is -2.10. The molecule has 1 aliphatic rings. The van der Waals surface area contributed by atoms with Gasteiger partial charge in [-0.3, -0.25) is 9.59 Å². The number of Topliss-reactive ketones (excluding diaryl/α,β-unsaturated/α-hetero) is 1. The van der Waals surface area contributed by atoms with E-state index in [0.717, 1.165) is 13.8 Å². The van der Waals surface area contributed by atoms with Crippen molar-refractivity contribution in [2.45, 2.75) is 53.3 Å².